The molecule has 0 N–H and O–H groups in total. The molecule has 0 aliphatic heterocycles. The lowest BCUT2D eigenvalue weighted by atomic mass is 10.2. The third-order valence-electron chi connectivity index (χ3n) is 2.06. The van der Waals surface area contributed by atoms with Crippen molar-refractivity contribution >= 4 is 17.7 Å². The van der Waals surface area contributed by atoms with Gasteiger partial charge in [-0.1, -0.05) is 13.0 Å². The van der Waals surface area contributed by atoms with E-state index in [1.807, 2.05) is 25.1 Å². The van der Waals surface area contributed by atoms with Crippen LogP contribution in [0, 0.1) is 0 Å². The van der Waals surface area contributed by atoms with Crippen molar-refractivity contribution in [2.75, 3.05) is 12.9 Å². The lowest BCUT2D eigenvalue weighted by molar-refractivity contribution is -0.136. The Hall–Kier alpha value is -1.29. The summed E-state index contributed by atoms with van der Waals surface area (Å²) in [6.45, 7) is 1.94. The van der Waals surface area contributed by atoms with Crippen LogP contribution in [0.5, 0.6) is 0 Å². The molecule has 0 radical (unpaired) electrons. The van der Waals surface area contributed by atoms with Crippen molar-refractivity contribution in [3.63, 3.8) is 0 Å². The monoisotopic (exact) mass is 237 g/mol. The van der Waals surface area contributed by atoms with Gasteiger partial charge in [0.2, 0.25) is 0 Å². The first-order valence-electron chi connectivity index (χ1n) is 5.08. The molecule has 3 nitrogen and oxygen atoms in total. The van der Waals surface area contributed by atoms with Crippen molar-refractivity contribution in [1.82, 2.24) is 4.98 Å². The Morgan fingerprint density at radius 1 is 1.50 bits per heavy atom. The molecule has 1 aromatic rings. The molecule has 0 aromatic carbocycles. The van der Waals surface area contributed by atoms with Crippen LogP contribution in [0.2, 0.25) is 0 Å². The molecule has 1 heterocycles. The number of carbonyl (C=O) groups excluding carboxylic acids is 1. The molecule has 0 unspecified atom stereocenters. The van der Waals surface area contributed by atoms with Crippen molar-refractivity contribution in [1.29, 1.82) is 0 Å². The number of pyridine rings is 1. The van der Waals surface area contributed by atoms with Gasteiger partial charge in [0, 0.05) is 28.6 Å². The smallest absolute Gasteiger partial charge is 0.333 e. The zero-order valence-corrected chi connectivity index (χ0v) is 10.3. The van der Waals surface area contributed by atoms with Crippen molar-refractivity contribution in [2.24, 2.45) is 0 Å². The maximum Gasteiger partial charge on any atom is 0.333 e. The molecular weight excluding hydrogens is 222 g/mol. The van der Waals surface area contributed by atoms with Gasteiger partial charge >= 0.3 is 5.97 Å². The van der Waals surface area contributed by atoms with E-state index in [1.54, 1.807) is 24.2 Å². The quantitative estimate of drug-likeness (QED) is 0.448. The first-order chi connectivity index (χ1) is 7.77. The van der Waals surface area contributed by atoms with E-state index in [0.29, 0.717) is 6.42 Å². The van der Waals surface area contributed by atoms with Crippen LogP contribution in [0.4, 0.5) is 0 Å². The zero-order valence-electron chi connectivity index (χ0n) is 9.47. The van der Waals surface area contributed by atoms with E-state index in [2.05, 4.69) is 9.72 Å². The van der Waals surface area contributed by atoms with Crippen LogP contribution in [0.25, 0.3) is 0 Å². The Morgan fingerprint density at radius 2 is 2.19 bits per heavy atom. The topological polar surface area (TPSA) is 39.2 Å². The largest absolute Gasteiger partial charge is 0.466 e. The van der Waals surface area contributed by atoms with E-state index < -0.39 is 0 Å². The van der Waals surface area contributed by atoms with Gasteiger partial charge in [0.05, 0.1) is 7.11 Å². The summed E-state index contributed by atoms with van der Waals surface area (Å²) >= 11 is 1.67. The first kappa shape index (κ1) is 12.8. The van der Waals surface area contributed by atoms with E-state index in [-0.39, 0.29) is 5.97 Å². The van der Waals surface area contributed by atoms with Gasteiger partial charge in [-0.15, -0.1) is 11.8 Å². The lowest BCUT2D eigenvalue weighted by Gasteiger charge is -2.02. The molecule has 0 saturated carbocycles. The maximum atomic E-state index is 11.3. The summed E-state index contributed by atoms with van der Waals surface area (Å²) < 4.78 is 4.68. The van der Waals surface area contributed by atoms with E-state index in [9.17, 15) is 4.79 Å². The van der Waals surface area contributed by atoms with Gasteiger partial charge in [-0.05, 0) is 18.6 Å². The molecule has 0 saturated heterocycles. The van der Waals surface area contributed by atoms with Gasteiger partial charge in [0.1, 0.15) is 0 Å². The minimum Gasteiger partial charge on any atom is -0.466 e. The molecule has 0 atom stereocenters. The second-order valence-electron chi connectivity index (χ2n) is 3.07. The van der Waals surface area contributed by atoms with Crippen LogP contribution in [-0.2, 0) is 9.53 Å². The van der Waals surface area contributed by atoms with Crippen LogP contribution in [0.3, 0.4) is 0 Å². The van der Waals surface area contributed by atoms with E-state index >= 15 is 0 Å². The summed E-state index contributed by atoms with van der Waals surface area (Å²) in [5.41, 5.74) is 0.726. The third kappa shape index (κ3) is 4.06. The normalized spacial score (nSPS) is 11.2. The highest BCUT2D eigenvalue weighted by molar-refractivity contribution is 7.99. The molecule has 0 aliphatic rings. The summed E-state index contributed by atoms with van der Waals surface area (Å²) in [5.74, 6) is 0.528. The van der Waals surface area contributed by atoms with Gasteiger partial charge in [-0.2, -0.15) is 0 Å². The number of hydrogen-bond donors (Lipinski definition) is 0. The highest BCUT2D eigenvalue weighted by Crippen LogP contribution is 2.17. The predicted octanol–water partition coefficient (Wildman–Crippen LogP) is 2.68. The van der Waals surface area contributed by atoms with Gasteiger partial charge in [-0.25, -0.2) is 4.79 Å². The molecule has 0 fully saturated rings. The predicted molar refractivity (Wildman–Crippen MR) is 65.4 cm³/mol. The molecule has 0 bridgehead atoms. The number of esters is 1. The average Bonchev–Trinajstić information content (AvgIpc) is 2.35. The molecule has 4 heteroatoms. The fourth-order valence-corrected chi connectivity index (χ4v) is 1.97. The van der Waals surface area contributed by atoms with Crippen molar-refractivity contribution in [3.05, 3.63) is 36.2 Å². The van der Waals surface area contributed by atoms with Gasteiger partial charge in [0.25, 0.3) is 0 Å². The molecule has 86 valence electrons. The molecule has 0 amide bonds. The fourth-order valence-electron chi connectivity index (χ4n) is 1.18. The molecular formula is C12H15NO2S. The second kappa shape index (κ2) is 7.06. The second-order valence-corrected chi connectivity index (χ2v) is 4.16. The van der Waals surface area contributed by atoms with E-state index in [0.717, 1.165) is 16.2 Å². The van der Waals surface area contributed by atoms with Crippen LogP contribution in [0.1, 0.15) is 13.3 Å². The summed E-state index contributed by atoms with van der Waals surface area (Å²) in [7, 11) is 1.40. The maximum absolute atomic E-state index is 11.3. The minimum atomic E-state index is -0.238. The number of hydrogen-bond acceptors (Lipinski definition) is 4. The summed E-state index contributed by atoms with van der Waals surface area (Å²) in [4.78, 5) is 16.4. The Balaban J connectivity index is 2.49. The highest BCUT2D eigenvalue weighted by atomic mass is 32.2. The summed E-state index contributed by atoms with van der Waals surface area (Å²) in [6.07, 6.45) is 6.13. The molecule has 16 heavy (non-hydrogen) atoms. The van der Waals surface area contributed by atoms with Gasteiger partial charge in [-0.3, -0.25) is 4.98 Å². The molecule has 1 rings (SSSR count). The fraction of sp³-hybridized carbons (Fsp3) is 0.333. The SMILES string of the molecule is CCC(=CCSc1ccncc1)C(=O)OC. The number of aromatic nitrogens is 1. The first-order valence-corrected chi connectivity index (χ1v) is 6.06. The number of carbonyl (C=O) groups is 1. The summed E-state index contributed by atoms with van der Waals surface area (Å²) in [6, 6.07) is 3.89. The zero-order chi connectivity index (χ0) is 11.8. The van der Waals surface area contributed by atoms with Crippen LogP contribution >= 0.6 is 11.8 Å². The van der Waals surface area contributed by atoms with Crippen LogP contribution in [0.15, 0.2) is 41.1 Å². The number of thioether (sulfide) groups is 1. The Bertz CT molecular complexity index is 363. The Morgan fingerprint density at radius 3 is 2.75 bits per heavy atom. The summed E-state index contributed by atoms with van der Waals surface area (Å²) in [5, 5.41) is 0. The van der Waals surface area contributed by atoms with Gasteiger partial charge in [0.15, 0.2) is 0 Å². The standard InChI is InChI=1S/C12H15NO2S/c1-3-10(12(14)15-2)6-9-16-11-4-7-13-8-5-11/h4-8H,3,9H2,1-2H3. The highest BCUT2D eigenvalue weighted by Gasteiger charge is 2.05. The lowest BCUT2D eigenvalue weighted by Crippen LogP contribution is -2.04. The average molecular weight is 237 g/mol. The van der Waals surface area contributed by atoms with Gasteiger partial charge < -0.3 is 4.74 Å². The number of methoxy groups -OCH3 is 1. The van der Waals surface area contributed by atoms with Crippen molar-refractivity contribution < 1.29 is 9.53 Å². The number of rotatable bonds is 5. The van der Waals surface area contributed by atoms with Crippen LogP contribution < -0.4 is 0 Å². The van der Waals surface area contributed by atoms with Crippen molar-refractivity contribution in [3.8, 4) is 0 Å². The van der Waals surface area contributed by atoms with E-state index in [4.69, 9.17) is 0 Å². The molecule has 0 aliphatic carbocycles. The minimum absolute atomic E-state index is 0.238. The Kier molecular flexibility index (Phi) is 5.64. The van der Waals surface area contributed by atoms with Crippen molar-refractivity contribution in [2.45, 2.75) is 18.2 Å². The van der Waals surface area contributed by atoms with Crippen LogP contribution in [-0.4, -0.2) is 23.8 Å². The number of nitrogens with zero attached hydrogens (tertiary/aromatic N) is 1. The number of ether oxygens (including phenoxy) is 1. The molecule has 1 aromatic heterocycles. The van der Waals surface area contributed by atoms with E-state index in [1.165, 1.54) is 7.11 Å². The Labute approximate surface area is 99.9 Å². The molecule has 0 spiro atoms. The third-order valence-corrected chi connectivity index (χ3v) is 3.00.